The average molecular weight is 389 g/mol. The molecule has 0 spiro atoms. The second-order valence-corrected chi connectivity index (χ2v) is 6.02. The molecule has 0 aromatic heterocycles. The standard InChI is InChI=1S/C22H17NO6/c24-20(25)13-29-15-11-9-14(10-12-15)23-21(26)18-7-3-1-5-16(18)17-6-2-4-8-19(17)22(27)28/h1-12H,13H2,(H,23,26)(H,24,25)(H,27,28)/p-2. The van der Waals surface area contributed by atoms with E-state index >= 15 is 0 Å². The average Bonchev–Trinajstić information content (AvgIpc) is 2.73. The molecule has 0 heterocycles. The number of carboxylic acid groups (broad SMARTS) is 2. The number of anilines is 1. The quantitative estimate of drug-likeness (QED) is 0.646. The van der Waals surface area contributed by atoms with Gasteiger partial charge in [0.15, 0.2) is 0 Å². The Hall–Kier alpha value is -4.13. The Balaban J connectivity index is 1.84. The van der Waals surface area contributed by atoms with Gasteiger partial charge in [-0.3, -0.25) is 4.79 Å². The Labute approximate surface area is 166 Å². The molecule has 1 amide bonds. The third kappa shape index (κ3) is 4.78. The fraction of sp³-hybridized carbons (Fsp3) is 0.0455. The minimum Gasteiger partial charge on any atom is -0.546 e. The maximum absolute atomic E-state index is 12.8. The summed E-state index contributed by atoms with van der Waals surface area (Å²) in [5, 5.41) is 24.6. The second-order valence-electron chi connectivity index (χ2n) is 6.02. The molecule has 0 saturated heterocycles. The molecule has 3 rings (SSSR count). The van der Waals surface area contributed by atoms with E-state index in [1.165, 1.54) is 18.2 Å². The maximum Gasteiger partial charge on any atom is 0.256 e. The largest absolute Gasteiger partial charge is 0.546 e. The summed E-state index contributed by atoms with van der Waals surface area (Å²) in [7, 11) is 0. The van der Waals surface area contributed by atoms with Crippen molar-refractivity contribution in [3.05, 3.63) is 83.9 Å². The first-order valence-electron chi connectivity index (χ1n) is 8.59. The molecule has 3 aromatic rings. The lowest BCUT2D eigenvalue weighted by Crippen LogP contribution is -2.28. The van der Waals surface area contributed by atoms with E-state index in [-0.39, 0.29) is 5.56 Å². The molecule has 0 unspecified atom stereocenters. The van der Waals surface area contributed by atoms with Crippen molar-refractivity contribution in [1.29, 1.82) is 0 Å². The number of hydrogen-bond acceptors (Lipinski definition) is 6. The van der Waals surface area contributed by atoms with Crippen molar-refractivity contribution >= 4 is 23.5 Å². The Bertz CT molecular complexity index is 1060. The van der Waals surface area contributed by atoms with Crippen molar-refractivity contribution in [2.24, 2.45) is 0 Å². The zero-order valence-corrected chi connectivity index (χ0v) is 15.1. The van der Waals surface area contributed by atoms with E-state index in [1.807, 2.05) is 0 Å². The highest BCUT2D eigenvalue weighted by molar-refractivity contribution is 6.10. The predicted octanol–water partition coefficient (Wildman–Crippen LogP) is 1.10. The molecule has 0 radical (unpaired) electrons. The Morgan fingerprint density at radius 3 is 1.90 bits per heavy atom. The molecule has 3 aromatic carbocycles. The zero-order valence-electron chi connectivity index (χ0n) is 15.1. The molecule has 0 saturated carbocycles. The monoisotopic (exact) mass is 389 g/mol. The highest BCUT2D eigenvalue weighted by Crippen LogP contribution is 2.28. The van der Waals surface area contributed by atoms with Crippen LogP contribution in [0.4, 0.5) is 5.69 Å². The molecule has 7 nitrogen and oxygen atoms in total. The van der Waals surface area contributed by atoms with Gasteiger partial charge in [0, 0.05) is 16.8 Å². The molecule has 1 N–H and O–H groups in total. The SMILES string of the molecule is O=C([O-])COc1ccc(NC(=O)c2ccccc2-c2ccccc2C(=O)[O-])cc1. The van der Waals surface area contributed by atoms with Gasteiger partial charge in [0.2, 0.25) is 0 Å². The number of amides is 1. The summed E-state index contributed by atoms with van der Waals surface area (Å²) in [6.45, 7) is -0.572. The van der Waals surface area contributed by atoms with Crippen LogP contribution in [0.3, 0.4) is 0 Å². The lowest BCUT2D eigenvalue weighted by Gasteiger charge is -2.14. The topological polar surface area (TPSA) is 119 Å². The van der Waals surface area contributed by atoms with Crippen molar-refractivity contribution in [3.63, 3.8) is 0 Å². The van der Waals surface area contributed by atoms with Crippen LogP contribution < -0.4 is 20.3 Å². The lowest BCUT2D eigenvalue weighted by molar-refractivity contribution is -0.307. The fourth-order valence-corrected chi connectivity index (χ4v) is 2.79. The van der Waals surface area contributed by atoms with E-state index in [4.69, 9.17) is 4.74 Å². The van der Waals surface area contributed by atoms with E-state index in [9.17, 15) is 24.6 Å². The Kier molecular flexibility index (Phi) is 5.89. The van der Waals surface area contributed by atoms with Crippen LogP contribution in [-0.4, -0.2) is 24.5 Å². The zero-order chi connectivity index (χ0) is 20.8. The third-order valence-electron chi connectivity index (χ3n) is 4.08. The number of nitrogens with one attached hydrogen (secondary N) is 1. The van der Waals surface area contributed by atoms with Gasteiger partial charge in [0.1, 0.15) is 12.4 Å². The molecule has 146 valence electrons. The number of rotatable bonds is 7. The summed E-state index contributed by atoms with van der Waals surface area (Å²) >= 11 is 0. The third-order valence-corrected chi connectivity index (χ3v) is 4.08. The van der Waals surface area contributed by atoms with Crippen LogP contribution >= 0.6 is 0 Å². The number of carbonyl (C=O) groups is 3. The predicted molar refractivity (Wildman–Crippen MR) is 101 cm³/mol. The van der Waals surface area contributed by atoms with Crippen LogP contribution in [0.15, 0.2) is 72.8 Å². The second kappa shape index (κ2) is 8.71. The summed E-state index contributed by atoms with van der Waals surface area (Å²) in [6.07, 6.45) is 0. The lowest BCUT2D eigenvalue weighted by atomic mass is 9.95. The summed E-state index contributed by atoms with van der Waals surface area (Å²) in [5.41, 5.74) is 1.57. The molecule has 0 fully saturated rings. The van der Waals surface area contributed by atoms with Crippen molar-refractivity contribution < 1.29 is 29.3 Å². The molecule has 0 bridgehead atoms. The van der Waals surface area contributed by atoms with Gasteiger partial charge < -0.3 is 29.9 Å². The van der Waals surface area contributed by atoms with E-state index in [0.29, 0.717) is 28.1 Å². The Morgan fingerprint density at radius 1 is 0.759 bits per heavy atom. The molecule has 7 heteroatoms. The van der Waals surface area contributed by atoms with Gasteiger partial charge >= 0.3 is 0 Å². The molecule has 0 aliphatic heterocycles. The van der Waals surface area contributed by atoms with Gasteiger partial charge in [0.05, 0.1) is 11.9 Å². The van der Waals surface area contributed by atoms with Crippen molar-refractivity contribution in [2.75, 3.05) is 11.9 Å². The minimum absolute atomic E-state index is 0.0119. The van der Waals surface area contributed by atoms with E-state index in [2.05, 4.69) is 5.32 Å². The number of carbonyl (C=O) groups excluding carboxylic acids is 3. The minimum atomic E-state index is -1.34. The smallest absolute Gasteiger partial charge is 0.256 e. The molecule has 0 aliphatic carbocycles. The van der Waals surface area contributed by atoms with Gasteiger partial charge in [-0.1, -0.05) is 42.5 Å². The maximum atomic E-state index is 12.8. The summed E-state index contributed by atoms with van der Waals surface area (Å²) in [6, 6.07) is 19.1. The van der Waals surface area contributed by atoms with E-state index in [1.54, 1.807) is 54.6 Å². The number of carboxylic acids is 2. The van der Waals surface area contributed by atoms with Crippen LogP contribution in [0.5, 0.6) is 5.75 Å². The van der Waals surface area contributed by atoms with Gasteiger partial charge in [-0.05, 0) is 41.5 Å². The molecule has 0 atom stereocenters. The van der Waals surface area contributed by atoms with E-state index in [0.717, 1.165) is 0 Å². The normalized spacial score (nSPS) is 10.2. The highest BCUT2D eigenvalue weighted by atomic mass is 16.5. The summed E-state index contributed by atoms with van der Waals surface area (Å²) < 4.78 is 4.99. The summed E-state index contributed by atoms with van der Waals surface area (Å²) in [4.78, 5) is 34.7. The van der Waals surface area contributed by atoms with Crippen LogP contribution in [-0.2, 0) is 4.79 Å². The summed E-state index contributed by atoms with van der Waals surface area (Å²) in [5.74, 6) is -2.79. The molecule has 29 heavy (non-hydrogen) atoms. The van der Waals surface area contributed by atoms with Gasteiger partial charge in [-0.2, -0.15) is 0 Å². The molecular weight excluding hydrogens is 374 g/mol. The Morgan fingerprint density at radius 2 is 1.31 bits per heavy atom. The molecule has 0 aliphatic rings. The van der Waals surface area contributed by atoms with Crippen molar-refractivity contribution in [3.8, 4) is 16.9 Å². The van der Waals surface area contributed by atoms with Crippen LogP contribution in [0.2, 0.25) is 0 Å². The number of benzene rings is 3. The first-order valence-corrected chi connectivity index (χ1v) is 8.59. The number of ether oxygens (including phenoxy) is 1. The van der Waals surface area contributed by atoms with E-state index < -0.39 is 24.5 Å². The van der Waals surface area contributed by atoms with Crippen LogP contribution in [0.25, 0.3) is 11.1 Å². The van der Waals surface area contributed by atoms with Gasteiger partial charge in [0.25, 0.3) is 5.91 Å². The first kappa shape index (κ1) is 19.6. The number of aliphatic carboxylic acids is 1. The number of aromatic carboxylic acids is 1. The molecular formula is C22H15NO6-2. The van der Waals surface area contributed by atoms with Crippen LogP contribution in [0.1, 0.15) is 20.7 Å². The fourth-order valence-electron chi connectivity index (χ4n) is 2.79. The van der Waals surface area contributed by atoms with Crippen molar-refractivity contribution in [2.45, 2.75) is 0 Å². The van der Waals surface area contributed by atoms with Crippen molar-refractivity contribution in [1.82, 2.24) is 0 Å². The number of hydrogen-bond donors (Lipinski definition) is 1. The van der Waals surface area contributed by atoms with Crippen LogP contribution in [0, 0.1) is 0 Å². The highest BCUT2D eigenvalue weighted by Gasteiger charge is 2.15. The van der Waals surface area contributed by atoms with Gasteiger partial charge in [-0.15, -0.1) is 0 Å². The first-order chi connectivity index (χ1) is 14.0. The van der Waals surface area contributed by atoms with Gasteiger partial charge in [-0.25, -0.2) is 0 Å².